The van der Waals surface area contributed by atoms with Gasteiger partial charge in [0.2, 0.25) is 0 Å². The molecule has 3 aromatic rings. The van der Waals surface area contributed by atoms with Gasteiger partial charge in [0.05, 0.1) is 10.7 Å². The lowest BCUT2D eigenvalue weighted by Crippen LogP contribution is -2.34. The first-order chi connectivity index (χ1) is 14.2. The molecule has 2 aliphatic carbocycles. The molecule has 1 fully saturated rings. The summed E-state index contributed by atoms with van der Waals surface area (Å²) in [6.07, 6.45) is 9.75. The van der Waals surface area contributed by atoms with Gasteiger partial charge in [-0.05, 0) is 77.3 Å². The van der Waals surface area contributed by atoms with E-state index in [1.807, 2.05) is 11.6 Å². The molecule has 0 spiro atoms. The van der Waals surface area contributed by atoms with Crippen molar-refractivity contribution in [2.75, 3.05) is 0 Å². The van der Waals surface area contributed by atoms with Crippen molar-refractivity contribution >= 4 is 11.3 Å². The lowest BCUT2D eigenvalue weighted by molar-refractivity contribution is 0.331. The summed E-state index contributed by atoms with van der Waals surface area (Å²) in [6, 6.07) is 9.58. The highest BCUT2D eigenvalue weighted by atomic mass is 32.1. The average Bonchev–Trinajstić information content (AvgIpc) is 3.35. The van der Waals surface area contributed by atoms with Crippen molar-refractivity contribution < 1.29 is 0 Å². The van der Waals surface area contributed by atoms with Gasteiger partial charge in [0.25, 0.3) is 0 Å². The van der Waals surface area contributed by atoms with E-state index >= 15 is 0 Å². The van der Waals surface area contributed by atoms with Gasteiger partial charge in [0.1, 0.15) is 0 Å². The van der Waals surface area contributed by atoms with Crippen LogP contribution in [0.3, 0.4) is 0 Å². The molecular formula is C27H32N2S. The molecule has 2 aliphatic rings. The van der Waals surface area contributed by atoms with Crippen molar-refractivity contribution in [3.63, 3.8) is 0 Å². The molecule has 0 unspecified atom stereocenters. The molecule has 2 aromatic heterocycles. The van der Waals surface area contributed by atoms with Gasteiger partial charge in [-0.1, -0.05) is 45.9 Å². The van der Waals surface area contributed by atoms with Crippen molar-refractivity contribution in [2.24, 2.45) is 0 Å². The Labute approximate surface area is 184 Å². The molecule has 0 radical (unpaired) electrons. The zero-order valence-electron chi connectivity index (χ0n) is 18.9. The van der Waals surface area contributed by atoms with Crippen LogP contribution in [-0.4, -0.2) is 9.97 Å². The Balaban J connectivity index is 1.52. The fourth-order valence-corrected chi connectivity index (χ4v) is 6.00. The number of fused-ring (bicyclic) bond motifs is 1. The van der Waals surface area contributed by atoms with Gasteiger partial charge < -0.3 is 0 Å². The van der Waals surface area contributed by atoms with Crippen LogP contribution >= 0.6 is 11.3 Å². The Morgan fingerprint density at radius 1 is 0.867 bits per heavy atom. The third-order valence-electron chi connectivity index (χ3n) is 7.62. The van der Waals surface area contributed by atoms with Gasteiger partial charge in [-0.3, -0.25) is 4.98 Å². The van der Waals surface area contributed by atoms with Crippen LogP contribution in [0.5, 0.6) is 0 Å². The van der Waals surface area contributed by atoms with E-state index in [9.17, 15) is 0 Å². The van der Waals surface area contributed by atoms with Gasteiger partial charge in [0.15, 0.2) is 0 Å². The van der Waals surface area contributed by atoms with E-state index in [1.54, 1.807) is 22.5 Å². The molecule has 0 bridgehead atoms. The quantitative estimate of drug-likeness (QED) is 0.464. The van der Waals surface area contributed by atoms with Gasteiger partial charge >= 0.3 is 0 Å². The van der Waals surface area contributed by atoms with Crippen LogP contribution in [0.25, 0.3) is 0 Å². The maximum Gasteiger partial charge on any atom is 0.0969 e. The Kier molecular flexibility index (Phi) is 4.49. The number of hydrogen-bond acceptors (Lipinski definition) is 3. The number of aryl methyl sites for hydroxylation is 1. The highest BCUT2D eigenvalue weighted by Crippen LogP contribution is 2.56. The molecule has 0 atom stereocenters. The summed E-state index contributed by atoms with van der Waals surface area (Å²) in [6.45, 7) is 12.0. The normalized spacial score (nSPS) is 20.6. The largest absolute Gasteiger partial charge is 0.260 e. The van der Waals surface area contributed by atoms with E-state index in [1.165, 1.54) is 48.1 Å². The molecule has 0 aliphatic heterocycles. The first-order valence-corrected chi connectivity index (χ1v) is 12.1. The number of aromatic nitrogens is 2. The highest BCUT2D eigenvalue weighted by Gasteiger charge is 2.49. The van der Waals surface area contributed by atoms with Crippen molar-refractivity contribution in [3.05, 3.63) is 80.6 Å². The molecule has 1 aromatic carbocycles. The minimum absolute atomic E-state index is 0.108. The number of nitrogens with zero attached hydrogens (tertiary/aromatic N) is 2. The summed E-state index contributed by atoms with van der Waals surface area (Å²) < 4.78 is 0. The first-order valence-electron chi connectivity index (χ1n) is 11.2. The van der Waals surface area contributed by atoms with Crippen LogP contribution in [-0.2, 0) is 22.7 Å². The fourth-order valence-electron chi connectivity index (χ4n) is 5.35. The molecular weight excluding hydrogens is 384 g/mol. The molecule has 2 heterocycles. The molecule has 3 heteroatoms. The predicted molar refractivity (Wildman–Crippen MR) is 126 cm³/mol. The standard InChI is InChI=1S/C27H32N2S/c1-18-14-21-22(26(4,5)9-8-25(21,2)3)16-20(18)27(10-11-27)23-7-6-19(17-29-23)15-24-28-12-13-30-24/h6-7,12-14,16-17H,8-11,15H2,1-5H3. The summed E-state index contributed by atoms with van der Waals surface area (Å²) in [7, 11) is 0. The molecule has 0 saturated heterocycles. The summed E-state index contributed by atoms with van der Waals surface area (Å²) >= 11 is 1.71. The molecule has 5 rings (SSSR count). The second-order valence-corrected chi connectivity index (χ2v) is 11.7. The van der Waals surface area contributed by atoms with Crippen LogP contribution in [0.15, 0.2) is 42.0 Å². The SMILES string of the molecule is Cc1cc2c(cc1C1(c3ccc(Cc4nccs4)cn3)CC1)C(C)(C)CCC2(C)C. The molecule has 1 saturated carbocycles. The second-order valence-electron chi connectivity index (χ2n) is 10.7. The summed E-state index contributed by atoms with van der Waals surface area (Å²) in [4.78, 5) is 9.38. The van der Waals surface area contributed by atoms with Crippen LogP contribution in [0.1, 0.15) is 91.9 Å². The molecule has 156 valence electrons. The van der Waals surface area contributed by atoms with E-state index < -0.39 is 0 Å². The minimum Gasteiger partial charge on any atom is -0.260 e. The van der Waals surface area contributed by atoms with Gasteiger partial charge in [0, 0.05) is 29.6 Å². The Bertz CT molecular complexity index is 1070. The smallest absolute Gasteiger partial charge is 0.0969 e. The summed E-state index contributed by atoms with van der Waals surface area (Å²) in [5.41, 5.74) is 9.16. The third kappa shape index (κ3) is 3.22. The number of rotatable bonds is 4. The molecule has 0 amide bonds. The second kappa shape index (κ2) is 6.75. The lowest BCUT2D eigenvalue weighted by Gasteiger charge is -2.43. The number of benzene rings is 1. The topological polar surface area (TPSA) is 25.8 Å². The van der Waals surface area contributed by atoms with Crippen LogP contribution < -0.4 is 0 Å². The zero-order valence-corrected chi connectivity index (χ0v) is 19.7. The third-order valence-corrected chi connectivity index (χ3v) is 8.40. The van der Waals surface area contributed by atoms with Crippen LogP contribution in [0.2, 0.25) is 0 Å². The minimum atomic E-state index is 0.108. The maximum absolute atomic E-state index is 4.96. The van der Waals surface area contributed by atoms with Crippen molar-refractivity contribution in [2.45, 2.75) is 83.0 Å². The zero-order chi connectivity index (χ0) is 21.1. The summed E-state index contributed by atoms with van der Waals surface area (Å²) in [5, 5.41) is 3.19. The first kappa shape index (κ1) is 19.9. The van der Waals surface area contributed by atoms with Crippen LogP contribution in [0.4, 0.5) is 0 Å². The number of hydrogen-bond donors (Lipinski definition) is 0. The number of thiazole rings is 1. The van der Waals surface area contributed by atoms with Crippen molar-refractivity contribution in [1.82, 2.24) is 9.97 Å². The van der Waals surface area contributed by atoms with Gasteiger partial charge in [-0.25, -0.2) is 4.98 Å². The summed E-state index contributed by atoms with van der Waals surface area (Å²) in [5.74, 6) is 0. The lowest BCUT2D eigenvalue weighted by atomic mass is 9.62. The molecule has 0 N–H and O–H groups in total. The van der Waals surface area contributed by atoms with E-state index in [4.69, 9.17) is 4.98 Å². The Morgan fingerprint density at radius 3 is 2.13 bits per heavy atom. The Hall–Kier alpha value is -2.00. The van der Waals surface area contributed by atoms with Crippen molar-refractivity contribution in [1.29, 1.82) is 0 Å². The van der Waals surface area contributed by atoms with E-state index in [0.29, 0.717) is 0 Å². The Morgan fingerprint density at radius 2 is 1.57 bits per heavy atom. The predicted octanol–water partition coefficient (Wildman–Crippen LogP) is 6.87. The molecule has 30 heavy (non-hydrogen) atoms. The van der Waals surface area contributed by atoms with E-state index in [2.05, 4.69) is 70.1 Å². The van der Waals surface area contributed by atoms with Crippen molar-refractivity contribution in [3.8, 4) is 0 Å². The average molecular weight is 417 g/mol. The maximum atomic E-state index is 4.96. The van der Waals surface area contributed by atoms with E-state index in [-0.39, 0.29) is 16.2 Å². The van der Waals surface area contributed by atoms with Gasteiger partial charge in [-0.15, -0.1) is 11.3 Å². The van der Waals surface area contributed by atoms with Gasteiger partial charge in [-0.2, -0.15) is 0 Å². The van der Waals surface area contributed by atoms with E-state index in [0.717, 1.165) is 11.4 Å². The fraction of sp³-hybridized carbons (Fsp3) is 0.481. The molecule has 2 nitrogen and oxygen atoms in total. The van der Waals surface area contributed by atoms with Crippen LogP contribution in [0, 0.1) is 6.92 Å². The number of pyridine rings is 1. The monoisotopic (exact) mass is 416 g/mol. The highest BCUT2D eigenvalue weighted by molar-refractivity contribution is 7.09.